The summed E-state index contributed by atoms with van der Waals surface area (Å²) in [6, 6.07) is 0.625. The number of nitrogens with zero attached hydrogens (tertiary/aromatic N) is 1. The number of rotatable bonds is 0. The van der Waals surface area contributed by atoms with E-state index in [0.29, 0.717) is 12.1 Å². The summed E-state index contributed by atoms with van der Waals surface area (Å²) in [5, 5.41) is 3.49. The van der Waals surface area contributed by atoms with Gasteiger partial charge in [-0.1, -0.05) is 0 Å². The fourth-order valence-corrected chi connectivity index (χ4v) is 1.93. The zero-order chi connectivity index (χ0) is 7.68. The molecule has 0 bridgehead atoms. The second-order valence-corrected chi connectivity index (χ2v) is 3.52. The molecule has 2 atom stereocenters. The van der Waals surface area contributed by atoms with Gasteiger partial charge < -0.3 is 15.0 Å². The van der Waals surface area contributed by atoms with Crippen molar-refractivity contribution in [3.8, 4) is 0 Å². The van der Waals surface area contributed by atoms with Gasteiger partial charge in [0.2, 0.25) is 0 Å². The van der Waals surface area contributed by atoms with E-state index in [-0.39, 0.29) is 0 Å². The molecule has 2 aliphatic heterocycles. The van der Waals surface area contributed by atoms with Gasteiger partial charge in [0.25, 0.3) is 0 Å². The van der Waals surface area contributed by atoms with Crippen LogP contribution in [-0.4, -0.2) is 50.3 Å². The van der Waals surface area contributed by atoms with Crippen molar-refractivity contribution in [2.45, 2.75) is 18.6 Å². The molecule has 0 radical (unpaired) electrons. The fourth-order valence-electron chi connectivity index (χ4n) is 1.93. The number of ether oxygens (including phenoxy) is 1. The standard InChI is InChI=1S/C8H16N2O/c1-10-4-2-7-8(6-10)11-5-3-9-7/h7-9H,2-6H2,1H3/t7?,8-/m1/s1. The molecule has 0 amide bonds. The molecule has 0 aromatic heterocycles. The number of fused-ring (bicyclic) bond motifs is 1. The minimum atomic E-state index is 0.447. The number of nitrogens with one attached hydrogen (secondary N) is 1. The van der Waals surface area contributed by atoms with Crippen molar-refractivity contribution < 1.29 is 4.74 Å². The average Bonchev–Trinajstić information content (AvgIpc) is 2.04. The van der Waals surface area contributed by atoms with Crippen LogP contribution in [0.5, 0.6) is 0 Å². The summed E-state index contributed by atoms with van der Waals surface area (Å²) in [6.45, 7) is 4.22. The van der Waals surface area contributed by atoms with E-state index >= 15 is 0 Å². The van der Waals surface area contributed by atoms with Gasteiger partial charge in [-0.25, -0.2) is 0 Å². The summed E-state index contributed by atoms with van der Waals surface area (Å²) >= 11 is 0. The maximum absolute atomic E-state index is 5.65. The third-order valence-electron chi connectivity index (χ3n) is 2.60. The summed E-state index contributed by atoms with van der Waals surface area (Å²) in [5.74, 6) is 0. The number of piperidine rings is 1. The van der Waals surface area contributed by atoms with Gasteiger partial charge in [0.1, 0.15) is 0 Å². The Morgan fingerprint density at radius 1 is 1.55 bits per heavy atom. The monoisotopic (exact) mass is 156 g/mol. The van der Waals surface area contributed by atoms with Crippen molar-refractivity contribution in [3.63, 3.8) is 0 Å². The van der Waals surface area contributed by atoms with Crippen molar-refractivity contribution in [3.05, 3.63) is 0 Å². The van der Waals surface area contributed by atoms with Gasteiger partial charge in [0.15, 0.2) is 0 Å². The van der Waals surface area contributed by atoms with Gasteiger partial charge in [-0.3, -0.25) is 0 Å². The van der Waals surface area contributed by atoms with E-state index in [4.69, 9.17) is 4.74 Å². The van der Waals surface area contributed by atoms with E-state index in [1.165, 1.54) is 13.0 Å². The predicted molar refractivity (Wildman–Crippen MR) is 43.6 cm³/mol. The topological polar surface area (TPSA) is 24.5 Å². The molecule has 11 heavy (non-hydrogen) atoms. The molecule has 3 heteroatoms. The smallest absolute Gasteiger partial charge is 0.0855 e. The van der Waals surface area contributed by atoms with Crippen molar-refractivity contribution in [2.24, 2.45) is 0 Å². The van der Waals surface area contributed by atoms with E-state index in [1.807, 2.05) is 0 Å². The molecule has 2 rings (SSSR count). The molecule has 0 saturated carbocycles. The summed E-state index contributed by atoms with van der Waals surface area (Å²) in [4.78, 5) is 2.34. The zero-order valence-corrected chi connectivity index (χ0v) is 7.05. The normalized spacial score (nSPS) is 40.1. The molecule has 0 aliphatic carbocycles. The van der Waals surface area contributed by atoms with Crippen LogP contribution in [0, 0.1) is 0 Å². The second-order valence-electron chi connectivity index (χ2n) is 3.52. The minimum absolute atomic E-state index is 0.447. The molecule has 64 valence electrons. The SMILES string of the molecule is CN1CCC2NCCO[C@@H]2C1. The Balaban J connectivity index is 1.93. The molecular weight excluding hydrogens is 140 g/mol. The van der Waals surface area contributed by atoms with Crippen molar-refractivity contribution in [1.82, 2.24) is 10.2 Å². The van der Waals surface area contributed by atoms with E-state index in [2.05, 4.69) is 17.3 Å². The maximum Gasteiger partial charge on any atom is 0.0855 e. The number of likely N-dealkylation sites (tertiary alicyclic amines) is 1. The Morgan fingerprint density at radius 2 is 2.45 bits per heavy atom. The van der Waals surface area contributed by atoms with Crippen LogP contribution < -0.4 is 5.32 Å². The van der Waals surface area contributed by atoms with Crippen LogP contribution in [0.1, 0.15) is 6.42 Å². The number of likely N-dealkylation sites (N-methyl/N-ethyl adjacent to an activating group) is 1. The molecule has 3 nitrogen and oxygen atoms in total. The highest BCUT2D eigenvalue weighted by atomic mass is 16.5. The minimum Gasteiger partial charge on any atom is -0.374 e. The van der Waals surface area contributed by atoms with Crippen molar-refractivity contribution >= 4 is 0 Å². The lowest BCUT2D eigenvalue weighted by Crippen LogP contribution is -2.56. The number of hydrogen-bond donors (Lipinski definition) is 1. The lowest BCUT2D eigenvalue weighted by Gasteiger charge is -2.40. The molecule has 0 spiro atoms. The van der Waals surface area contributed by atoms with Gasteiger partial charge >= 0.3 is 0 Å². The average molecular weight is 156 g/mol. The first-order valence-electron chi connectivity index (χ1n) is 4.40. The van der Waals surface area contributed by atoms with Crippen LogP contribution in [0.25, 0.3) is 0 Å². The van der Waals surface area contributed by atoms with E-state index in [9.17, 15) is 0 Å². The summed E-state index contributed by atoms with van der Waals surface area (Å²) in [6.07, 6.45) is 1.68. The Kier molecular flexibility index (Phi) is 2.11. The molecule has 2 saturated heterocycles. The van der Waals surface area contributed by atoms with Crippen molar-refractivity contribution in [1.29, 1.82) is 0 Å². The van der Waals surface area contributed by atoms with Gasteiger partial charge in [-0.05, 0) is 20.0 Å². The summed E-state index contributed by atoms with van der Waals surface area (Å²) in [7, 11) is 2.16. The fraction of sp³-hybridized carbons (Fsp3) is 1.00. The third-order valence-corrected chi connectivity index (χ3v) is 2.60. The highest BCUT2D eigenvalue weighted by Gasteiger charge is 2.30. The van der Waals surface area contributed by atoms with Crippen LogP contribution in [0.15, 0.2) is 0 Å². The van der Waals surface area contributed by atoms with Crippen molar-refractivity contribution in [2.75, 3.05) is 33.3 Å². The second kappa shape index (κ2) is 3.09. The van der Waals surface area contributed by atoms with Crippen LogP contribution in [0.4, 0.5) is 0 Å². The molecule has 1 unspecified atom stereocenters. The predicted octanol–water partition coefficient (Wildman–Crippen LogP) is -0.321. The molecule has 1 N–H and O–H groups in total. The molecule has 0 aromatic rings. The van der Waals surface area contributed by atoms with Crippen LogP contribution in [0.3, 0.4) is 0 Å². The quantitative estimate of drug-likeness (QED) is 0.520. The number of hydrogen-bond acceptors (Lipinski definition) is 3. The van der Waals surface area contributed by atoms with Crippen LogP contribution >= 0.6 is 0 Å². The van der Waals surface area contributed by atoms with Gasteiger partial charge in [-0.15, -0.1) is 0 Å². The first kappa shape index (κ1) is 7.53. The Labute approximate surface area is 67.7 Å². The van der Waals surface area contributed by atoms with Crippen LogP contribution in [-0.2, 0) is 4.74 Å². The van der Waals surface area contributed by atoms with Gasteiger partial charge in [0, 0.05) is 19.1 Å². The Morgan fingerprint density at radius 3 is 3.36 bits per heavy atom. The van der Waals surface area contributed by atoms with E-state index in [0.717, 1.165) is 19.7 Å². The molecule has 0 aromatic carbocycles. The first-order chi connectivity index (χ1) is 5.36. The maximum atomic E-state index is 5.65. The van der Waals surface area contributed by atoms with Gasteiger partial charge in [0.05, 0.1) is 12.7 Å². The van der Waals surface area contributed by atoms with Gasteiger partial charge in [-0.2, -0.15) is 0 Å². The molecule has 2 aliphatic rings. The zero-order valence-electron chi connectivity index (χ0n) is 7.05. The largest absolute Gasteiger partial charge is 0.374 e. The lowest BCUT2D eigenvalue weighted by atomic mass is 10.0. The molecular formula is C8H16N2O. The van der Waals surface area contributed by atoms with E-state index < -0.39 is 0 Å². The highest BCUT2D eigenvalue weighted by Crippen LogP contribution is 2.14. The Hall–Kier alpha value is -0.120. The summed E-state index contributed by atoms with van der Waals surface area (Å²) < 4.78 is 5.65. The van der Waals surface area contributed by atoms with Crippen LogP contribution in [0.2, 0.25) is 0 Å². The van der Waals surface area contributed by atoms with E-state index in [1.54, 1.807) is 0 Å². The lowest BCUT2D eigenvalue weighted by molar-refractivity contribution is -0.0417. The summed E-state index contributed by atoms with van der Waals surface area (Å²) in [5.41, 5.74) is 0. The highest BCUT2D eigenvalue weighted by molar-refractivity contribution is 4.87. The molecule has 2 heterocycles. The Bertz CT molecular complexity index is 140. The molecule has 2 fully saturated rings. The third kappa shape index (κ3) is 1.55. The first-order valence-corrected chi connectivity index (χ1v) is 4.40. The number of morpholine rings is 1.